The van der Waals surface area contributed by atoms with E-state index >= 15 is 0 Å². The van der Waals surface area contributed by atoms with Gasteiger partial charge in [0.2, 0.25) is 0 Å². The lowest BCUT2D eigenvalue weighted by Crippen LogP contribution is -2.30. The highest BCUT2D eigenvalue weighted by atomic mass is 16.5. The molecule has 0 radical (unpaired) electrons. The van der Waals surface area contributed by atoms with Gasteiger partial charge in [0.25, 0.3) is 0 Å². The molecule has 0 fully saturated rings. The number of rotatable bonds is 7. The Labute approximate surface area is 157 Å². The van der Waals surface area contributed by atoms with Crippen LogP contribution >= 0.6 is 0 Å². The second kappa shape index (κ2) is 8.56. The number of nitrogens with one attached hydrogen (secondary N) is 1. The highest BCUT2D eigenvalue weighted by molar-refractivity contribution is 5.51. The molecule has 0 saturated carbocycles. The third-order valence-corrected chi connectivity index (χ3v) is 5.00. The van der Waals surface area contributed by atoms with Crippen LogP contribution in [-0.2, 0) is 12.8 Å². The summed E-state index contributed by atoms with van der Waals surface area (Å²) < 4.78 is 11.6. The molecule has 1 heterocycles. The van der Waals surface area contributed by atoms with E-state index in [9.17, 15) is 0 Å². The third kappa shape index (κ3) is 4.19. The molecular formula is C22H30N2O2. The van der Waals surface area contributed by atoms with Gasteiger partial charge in [0.1, 0.15) is 6.61 Å². The molecule has 4 nitrogen and oxygen atoms in total. The van der Waals surface area contributed by atoms with Gasteiger partial charge in [-0.3, -0.25) is 0 Å². The molecule has 1 N–H and O–H groups in total. The fourth-order valence-corrected chi connectivity index (χ4v) is 3.42. The molecule has 0 aliphatic carbocycles. The number of hydrogen-bond acceptors (Lipinski definition) is 4. The van der Waals surface area contributed by atoms with E-state index < -0.39 is 0 Å². The van der Waals surface area contributed by atoms with Gasteiger partial charge in [0, 0.05) is 13.1 Å². The first kappa shape index (κ1) is 18.7. The summed E-state index contributed by atoms with van der Waals surface area (Å²) in [6.07, 6.45) is 2.07. The molecule has 1 atom stereocenters. The lowest BCUT2D eigenvalue weighted by atomic mass is 9.89. The summed E-state index contributed by atoms with van der Waals surface area (Å²) in [5.41, 5.74) is 5.30. The van der Waals surface area contributed by atoms with Gasteiger partial charge in [-0.05, 0) is 61.3 Å². The molecule has 2 aromatic carbocycles. The van der Waals surface area contributed by atoms with Gasteiger partial charge < -0.3 is 19.7 Å². The third-order valence-electron chi connectivity index (χ3n) is 5.00. The van der Waals surface area contributed by atoms with E-state index in [4.69, 9.17) is 9.47 Å². The minimum absolute atomic E-state index is 0.201. The molecule has 2 aromatic rings. The fourth-order valence-electron chi connectivity index (χ4n) is 3.42. The minimum atomic E-state index is 0.201. The fraction of sp³-hybridized carbons (Fsp3) is 0.455. The summed E-state index contributed by atoms with van der Waals surface area (Å²) in [5.74, 6) is 1.65. The van der Waals surface area contributed by atoms with Crippen molar-refractivity contribution in [2.75, 3.05) is 40.9 Å². The van der Waals surface area contributed by atoms with Crippen LogP contribution < -0.4 is 14.8 Å². The van der Waals surface area contributed by atoms with Gasteiger partial charge in [-0.15, -0.1) is 0 Å². The van der Waals surface area contributed by atoms with Crippen molar-refractivity contribution in [1.82, 2.24) is 10.2 Å². The Morgan fingerprint density at radius 1 is 1.12 bits per heavy atom. The number of methoxy groups -OCH3 is 1. The van der Waals surface area contributed by atoms with Crippen molar-refractivity contribution in [3.8, 4) is 11.5 Å². The number of fused-ring (bicyclic) bond motifs is 1. The number of likely N-dealkylation sites (N-methyl/N-ethyl adjacent to an activating group) is 1. The molecule has 140 valence electrons. The Kier molecular flexibility index (Phi) is 6.17. The van der Waals surface area contributed by atoms with Crippen molar-refractivity contribution in [2.45, 2.75) is 25.8 Å². The monoisotopic (exact) mass is 354 g/mol. The average molecular weight is 354 g/mol. The van der Waals surface area contributed by atoms with E-state index in [1.54, 1.807) is 7.11 Å². The highest BCUT2D eigenvalue weighted by Gasteiger charge is 2.24. The highest BCUT2D eigenvalue weighted by Crippen LogP contribution is 2.37. The molecule has 1 aliphatic rings. The summed E-state index contributed by atoms with van der Waals surface area (Å²) >= 11 is 0. The SMILES string of the molecule is CCc1ccc(C2NCCc3cc(OC)c(OCCN(C)C)cc32)cc1. The maximum absolute atomic E-state index is 6.03. The number of aryl methyl sites for hydroxylation is 1. The van der Waals surface area contributed by atoms with Crippen molar-refractivity contribution in [2.24, 2.45) is 0 Å². The Hall–Kier alpha value is -2.04. The summed E-state index contributed by atoms with van der Waals surface area (Å²) in [6, 6.07) is 13.4. The number of nitrogens with zero attached hydrogens (tertiary/aromatic N) is 1. The molecule has 0 amide bonds. The van der Waals surface area contributed by atoms with Crippen molar-refractivity contribution < 1.29 is 9.47 Å². The van der Waals surface area contributed by atoms with Gasteiger partial charge in [-0.25, -0.2) is 0 Å². The first-order chi connectivity index (χ1) is 12.6. The Bertz CT molecular complexity index is 726. The Morgan fingerprint density at radius 3 is 2.54 bits per heavy atom. The van der Waals surface area contributed by atoms with E-state index in [2.05, 4.69) is 53.5 Å². The van der Waals surface area contributed by atoms with Gasteiger partial charge in [-0.1, -0.05) is 31.2 Å². The smallest absolute Gasteiger partial charge is 0.161 e. The summed E-state index contributed by atoms with van der Waals surface area (Å²) in [6.45, 7) is 4.68. The maximum Gasteiger partial charge on any atom is 0.161 e. The standard InChI is InChI=1S/C22H30N2O2/c1-5-16-6-8-17(9-7-16)22-19-15-21(26-13-12-24(2)3)20(25-4)14-18(19)10-11-23-22/h6-9,14-15,22-23H,5,10-13H2,1-4H3. The van der Waals surface area contributed by atoms with E-state index in [-0.39, 0.29) is 6.04 Å². The van der Waals surface area contributed by atoms with Crippen LogP contribution in [0.2, 0.25) is 0 Å². The first-order valence-corrected chi connectivity index (χ1v) is 9.43. The number of ether oxygens (including phenoxy) is 2. The zero-order valence-electron chi connectivity index (χ0n) is 16.3. The van der Waals surface area contributed by atoms with E-state index in [1.807, 2.05) is 14.1 Å². The van der Waals surface area contributed by atoms with Crippen molar-refractivity contribution >= 4 is 0 Å². The zero-order chi connectivity index (χ0) is 18.5. The van der Waals surface area contributed by atoms with Crippen LogP contribution in [-0.4, -0.2) is 45.8 Å². The summed E-state index contributed by atoms with van der Waals surface area (Å²) in [7, 11) is 5.81. The van der Waals surface area contributed by atoms with Crippen LogP contribution in [0.5, 0.6) is 11.5 Å². The molecule has 1 unspecified atom stereocenters. The molecule has 4 heteroatoms. The number of benzene rings is 2. The molecule has 3 rings (SSSR count). The van der Waals surface area contributed by atoms with Crippen LogP contribution in [0, 0.1) is 0 Å². The molecule has 0 saturated heterocycles. The topological polar surface area (TPSA) is 33.7 Å². The van der Waals surface area contributed by atoms with Crippen LogP contribution in [0.25, 0.3) is 0 Å². The molecule has 1 aliphatic heterocycles. The summed E-state index contributed by atoms with van der Waals surface area (Å²) in [5, 5.41) is 3.66. The van der Waals surface area contributed by atoms with Crippen LogP contribution in [0.4, 0.5) is 0 Å². The van der Waals surface area contributed by atoms with Gasteiger partial charge >= 0.3 is 0 Å². The minimum Gasteiger partial charge on any atom is -0.493 e. The van der Waals surface area contributed by atoms with Crippen LogP contribution in [0.15, 0.2) is 36.4 Å². The predicted octanol–water partition coefficient (Wildman–Crippen LogP) is 3.43. The first-order valence-electron chi connectivity index (χ1n) is 9.43. The molecular weight excluding hydrogens is 324 g/mol. The second-order valence-electron chi connectivity index (χ2n) is 7.09. The largest absolute Gasteiger partial charge is 0.493 e. The molecule has 26 heavy (non-hydrogen) atoms. The van der Waals surface area contributed by atoms with Crippen molar-refractivity contribution in [3.63, 3.8) is 0 Å². The summed E-state index contributed by atoms with van der Waals surface area (Å²) in [4.78, 5) is 2.12. The predicted molar refractivity (Wildman–Crippen MR) is 106 cm³/mol. The molecule has 0 bridgehead atoms. The Morgan fingerprint density at radius 2 is 1.88 bits per heavy atom. The normalized spacial score (nSPS) is 16.4. The Balaban J connectivity index is 1.90. The van der Waals surface area contributed by atoms with Gasteiger partial charge in [0.05, 0.1) is 13.2 Å². The quantitative estimate of drug-likeness (QED) is 0.826. The lowest BCUT2D eigenvalue weighted by Gasteiger charge is -2.29. The maximum atomic E-state index is 6.03. The van der Waals surface area contributed by atoms with Gasteiger partial charge in [0.15, 0.2) is 11.5 Å². The van der Waals surface area contributed by atoms with E-state index in [1.165, 1.54) is 22.3 Å². The van der Waals surface area contributed by atoms with Crippen LogP contribution in [0.3, 0.4) is 0 Å². The van der Waals surface area contributed by atoms with Crippen LogP contribution in [0.1, 0.15) is 35.2 Å². The zero-order valence-corrected chi connectivity index (χ0v) is 16.3. The van der Waals surface area contributed by atoms with Crippen molar-refractivity contribution in [1.29, 1.82) is 0 Å². The molecule has 0 aromatic heterocycles. The average Bonchev–Trinajstić information content (AvgIpc) is 2.66. The lowest BCUT2D eigenvalue weighted by molar-refractivity contribution is 0.250. The number of hydrogen-bond donors (Lipinski definition) is 1. The van der Waals surface area contributed by atoms with E-state index in [0.717, 1.165) is 37.4 Å². The van der Waals surface area contributed by atoms with E-state index in [0.29, 0.717) is 6.61 Å². The molecule has 0 spiro atoms. The van der Waals surface area contributed by atoms with Crippen molar-refractivity contribution in [3.05, 3.63) is 58.7 Å². The second-order valence-corrected chi connectivity index (χ2v) is 7.09. The van der Waals surface area contributed by atoms with Gasteiger partial charge in [-0.2, -0.15) is 0 Å².